The summed E-state index contributed by atoms with van der Waals surface area (Å²) in [5.74, 6) is -3.89. The van der Waals surface area contributed by atoms with Gasteiger partial charge in [0.15, 0.2) is 23.2 Å². The lowest BCUT2D eigenvalue weighted by atomic mass is 9.82. The molecule has 2 aromatic carbocycles. The number of methoxy groups -OCH3 is 1. The third-order valence-corrected chi connectivity index (χ3v) is 5.47. The van der Waals surface area contributed by atoms with E-state index in [1.807, 2.05) is 19.1 Å². The van der Waals surface area contributed by atoms with Gasteiger partial charge in [0.1, 0.15) is 0 Å². The quantitative estimate of drug-likeness (QED) is 0.368. The molecule has 0 bridgehead atoms. The second kappa shape index (κ2) is 9.29. The minimum Gasteiger partial charge on any atom is -0.494 e. The number of hydrogen-bond donors (Lipinski definition) is 0. The fourth-order valence-electron chi connectivity index (χ4n) is 3.82. The molecule has 0 radical (unpaired) electrons. The van der Waals surface area contributed by atoms with Crippen LogP contribution in [-0.2, 0) is 6.42 Å². The zero-order chi connectivity index (χ0) is 21.0. The van der Waals surface area contributed by atoms with Gasteiger partial charge in [-0.2, -0.15) is 4.39 Å². The van der Waals surface area contributed by atoms with Crippen molar-refractivity contribution in [2.24, 2.45) is 0 Å². The van der Waals surface area contributed by atoms with Crippen LogP contribution in [0.25, 0.3) is 5.57 Å². The summed E-state index contributed by atoms with van der Waals surface area (Å²) in [6, 6.07) is 6.18. The van der Waals surface area contributed by atoms with Crippen LogP contribution in [0.4, 0.5) is 17.6 Å². The summed E-state index contributed by atoms with van der Waals surface area (Å²) >= 11 is 0. The Morgan fingerprint density at radius 2 is 1.79 bits per heavy atom. The molecule has 1 nitrogen and oxygen atoms in total. The number of halogens is 4. The minimum absolute atomic E-state index is 0.146. The lowest BCUT2D eigenvalue weighted by Gasteiger charge is -2.24. The van der Waals surface area contributed by atoms with E-state index >= 15 is 0 Å². The zero-order valence-electron chi connectivity index (χ0n) is 16.6. The van der Waals surface area contributed by atoms with E-state index in [0.717, 1.165) is 0 Å². The van der Waals surface area contributed by atoms with Gasteiger partial charge in [-0.3, -0.25) is 0 Å². The van der Waals surface area contributed by atoms with E-state index in [2.05, 4.69) is 0 Å². The summed E-state index contributed by atoms with van der Waals surface area (Å²) in [4.78, 5) is 0. The van der Waals surface area contributed by atoms with Crippen LogP contribution in [-0.4, -0.2) is 7.11 Å². The Hall–Kier alpha value is -2.56. The molecule has 154 valence electrons. The number of rotatable bonds is 6. The fourth-order valence-corrected chi connectivity index (χ4v) is 3.82. The average molecular weight is 404 g/mol. The topological polar surface area (TPSA) is 9.23 Å². The lowest BCUT2D eigenvalue weighted by molar-refractivity contribution is 0.371. The molecule has 5 heteroatoms. The second-order valence-electron chi connectivity index (χ2n) is 7.19. The highest BCUT2D eigenvalue weighted by Crippen LogP contribution is 2.39. The van der Waals surface area contributed by atoms with Crippen LogP contribution in [0.15, 0.2) is 42.5 Å². The predicted molar refractivity (Wildman–Crippen MR) is 107 cm³/mol. The molecule has 0 aliphatic heterocycles. The number of aryl methyl sites for hydroxylation is 1. The van der Waals surface area contributed by atoms with Crippen molar-refractivity contribution in [3.63, 3.8) is 0 Å². The third-order valence-electron chi connectivity index (χ3n) is 5.47. The molecule has 0 N–H and O–H groups in total. The smallest absolute Gasteiger partial charge is 0.201 e. The molecular weight excluding hydrogens is 380 g/mol. The van der Waals surface area contributed by atoms with Crippen molar-refractivity contribution in [3.05, 3.63) is 82.5 Å². The largest absolute Gasteiger partial charge is 0.494 e. The van der Waals surface area contributed by atoms with E-state index in [1.54, 1.807) is 18.2 Å². The molecule has 0 spiro atoms. The summed E-state index contributed by atoms with van der Waals surface area (Å²) in [7, 11) is 1.28. The van der Waals surface area contributed by atoms with Gasteiger partial charge in [-0.25, -0.2) is 13.2 Å². The molecule has 1 atom stereocenters. The maximum Gasteiger partial charge on any atom is 0.201 e. The van der Waals surface area contributed by atoms with Gasteiger partial charge in [-0.15, -0.1) is 0 Å². The predicted octanol–water partition coefficient (Wildman–Crippen LogP) is 7.11. The first-order valence-corrected chi connectivity index (χ1v) is 9.77. The normalized spacial score (nSPS) is 16.9. The molecule has 1 aliphatic carbocycles. The number of benzene rings is 2. The first kappa shape index (κ1) is 21.2. The first-order chi connectivity index (χ1) is 14.0. The van der Waals surface area contributed by atoms with Gasteiger partial charge >= 0.3 is 0 Å². The second-order valence-corrected chi connectivity index (χ2v) is 7.19. The Balaban J connectivity index is 1.79. The van der Waals surface area contributed by atoms with Crippen LogP contribution in [0.1, 0.15) is 55.2 Å². The summed E-state index contributed by atoms with van der Waals surface area (Å²) in [6.45, 7) is 1.89. The van der Waals surface area contributed by atoms with E-state index < -0.39 is 23.3 Å². The van der Waals surface area contributed by atoms with E-state index in [4.69, 9.17) is 4.74 Å². The van der Waals surface area contributed by atoms with Gasteiger partial charge in [-0.1, -0.05) is 30.4 Å². The van der Waals surface area contributed by atoms with Crippen LogP contribution in [0.5, 0.6) is 5.75 Å². The van der Waals surface area contributed by atoms with Crippen LogP contribution in [0.3, 0.4) is 0 Å². The summed E-state index contributed by atoms with van der Waals surface area (Å²) in [5.41, 5.74) is 1.57. The Labute approximate surface area is 168 Å². The summed E-state index contributed by atoms with van der Waals surface area (Å²) in [6.07, 6.45) is 8.12. The number of allylic oxidation sites excluding steroid dienone is 4. The molecule has 1 aliphatic rings. The molecular formula is C24H24F4O. The van der Waals surface area contributed by atoms with Gasteiger partial charge in [0.05, 0.1) is 7.11 Å². The minimum atomic E-state index is -1.02. The summed E-state index contributed by atoms with van der Waals surface area (Å²) < 4.78 is 62.2. The molecule has 0 aromatic heterocycles. The van der Waals surface area contributed by atoms with E-state index in [0.29, 0.717) is 48.8 Å². The van der Waals surface area contributed by atoms with Crippen LogP contribution < -0.4 is 4.74 Å². The molecule has 2 aromatic rings. The standard InChI is InChI=1S/C24H24F4O/c1-3-4-5-6-17-11-12-18(22(26)21(17)25)15-7-9-16(10-8-15)19-13-14-20(29-2)24(28)23(19)27/h3-4,9,11-15H,5-8,10H2,1-2H3. The van der Waals surface area contributed by atoms with E-state index in [-0.39, 0.29) is 17.2 Å². The van der Waals surface area contributed by atoms with Crippen LogP contribution >= 0.6 is 0 Å². The third kappa shape index (κ3) is 4.39. The highest BCUT2D eigenvalue weighted by Gasteiger charge is 2.25. The van der Waals surface area contributed by atoms with Gasteiger partial charge in [0.2, 0.25) is 5.82 Å². The average Bonchev–Trinajstić information content (AvgIpc) is 2.74. The molecule has 0 saturated carbocycles. The van der Waals surface area contributed by atoms with Gasteiger partial charge in [0, 0.05) is 5.56 Å². The maximum atomic E-state index is 14.6. The SMILES string of the molecule is CC=CCCc1ccc(C2CC=C(c3ccc(OC)c(F)c3F)CC2)c(F)c1F. The van der Waals surface area contributed by atoms with Crippen molar-refractivity contribution in [1.29, 1.82) is 0 Å². The Morgan fingerprint density at radius 3 is 2.45 bits per heavy atom. The van der Waals surface area contributed by atoms with Gasteiger partial charge < -0.3 is 4.74 Å². The molecule has 3 rings (SSSR count). The molecule has 0 amide bonds. The Bertz CT molecular complexity index is 946. The Kier molecular flexibility index (Phi) is 6.78. The van der Waals surface area contributed by atoms with E-state index in [9.17, 15) is 17.6 Å². The van der Waals surface area contributed by atoms with Crippen molar-refractivity contribution < 1.29 is 22.3 Å². The Morgan fingerprint density at radius 1 is 1.00 bits per heavy atom. The first-order valence-electron chi connectivity index (χ1n) is 9.77. The van der Waals surface area contributed by atoms with Gasteiger partial charge in [0.25, 0.3) is 0 Å². The van der Waals surface area contributed by atoms with Crippen molar-refractivity contribution in [2.75, 3.05) is 7.11 Å². The highest BCUT2D eigenvalue weighted by atomic mass is 19.2. The molecule has 0 heterocycles. The van der Waals surface area contributed by atoms with Crippen LogP contribution in [0.2, 0.25) is 0 Å². The lowest BCUT2D eigenvalue weighted by Crippen LogP contribution is -2.09. The molecule has 29 heavy (non-hydrogen) atoms. The van der Waals surface area contributed by atoms with E-state index in [1.165, 1.54) is 19.2 Å². The number of ether oxygens (including phenoxy) is 1. The zero-order valence-corrected chi connectivity index (χ0v) is 16.6. The molecule has 0 fully saturated rings. The monoisotopic (exact) mass is 404 g/mol. The fraction of sp³-hybridized carbons (Fsp3) is 0.333. The van der Waals surface area contributed by atoms with Crippen molar-refractivity contribution >= 4 is 5.57 Å². The van der Waals surface area contributed by atoms with Crippen LogP contribution in [0, 0.1) is 23.3 Å². The van der Waals surface area contributed by atoms with Crippen molar-refractivity contribution in [3.8, 4) is 5.75 Å². The number of hydrogen-bond acceptors (Lipinski definition) is 1. The highest BCUT2D eigenvalue weighted by molar-refractivity contribution is 5.68. The summed E-state index contributed by atoms with van der Waals surface area (Å²) in [5, 5.41) is 0. The molecule has 0 saturated heterocycles. The maximum absolute atomic E-state index is 14.6. The van der Waals surface area contributed by atoms with Gasteiger partial charge in [-0.05, 0) is 73.8 Å². The van der Waals surface area contributed by atoms with Crippen molar-refractivity contribution in [1.82, 2.24) is 0 Å². The van der Waals surface area contributed by atoms with Crippen molar-refractivity contribution in [2.45, 2.75) is 44.9 Å². The molecule has 1 unspecified atom stereocenters.